The molecule has 1 aliphatic heterocycles. The smallest absolute Gasteiger partial charge is 0.120 e. The van der Waals surface area contributed by atoms with E-state index in [0.29, 0.717) is 6.54 Å². The van der Waals surface area contributed by atoms with Gasteiger partial charge in [-0.2, -0.15) is 5.10 Å². The molecule has 1 unspecified atom stereocenters. The van der Waals surface area contributed by atoms with Crippen LogP contribution in [0.2, 0.25) is 0 Å². The normalized spacial score (nSPS) is 16.5. The summed E-state index contributed by atoms with van der Waals surface area (Å²) < 4.78 is 12.9. The fourth-order valence-corrected chi connectivity index (χ4v) is 3.39. The molecule has 6 nitrogen and oxygen atoms in total. The van der Waals surface area contributed by atoms with Gasteiger partial charge < -0.3 is 14.6 Å². The predicted molar refractivity (Wildman–Crippen MR) is 105 cm³/mol. The van der Waals surface area contributed by atoms with Gasteiger partial charge in [0.05, 0.1) is 19.4 Å². The van der Waals surface area contributed by atoms with Gasteiger partial charge in [-0.1, -0.05) is 18.2 Å². The van der Waals surface area contributed by atoms with Crippen LogP contribution in [0.5, 0.6) is 5.75 Å². The van der Waals surface area contributed by atoms with E-state index in [1.165, 1.54) is 0 Å². The van der Waals surface area contributed by atoms with Crippen LogP contribution in [-0.4, -0.2) is 65.3 Å². The molecule has 3 aromatic rings. The van der Waals surface area contributed by atoms with E-state index in [4.69, 9.17) is 9.47 Å². The first-order valence-corrected chi connectivity index (χ1v) is 9.31. The molecule has 6 heteroatoms. The van der Waals surface area contributed by atoms with Crippen molar-refractivity contribution in [2.75, 3.05) is 39.5 Å². The van der Waals surface area contributed by atoms with E-state index in [1.807, 2.05) is 31.6 Å². The van der Waals surface area contributed by atoms with Gasteiger partial charge in [0.15, 0.2) is 0 Å². The fraction of sp³-hybridized carbons (Fsp3) is 0.381. The van der Waals surface area contributed by atoms with Gasteiger partial charge in [0.1, 0.15) is 18.5 Å². The lowest BCUT2D eigenvalue weighted by atomic mass is 10.0. The summed E-state index contributed by atoms with van der Waals surface area (Å²) in [6.07, 6.45) is 3.37. The first-order chi connectivity index (χ1) is 13.2. The van der Waals surface area contributed by atoms with Crippen molar-refractivity contribution in [3.63, 3.8) is 0 Å². The number of ether oxygens (including phenoxy) is 2. The lowest BCUT2D eigenvalue weighted by molar-refractivity contribution is 0.00467. The topological polar surface area (TPSA) is 59.8 Å². The van der Waals surface area contributed by atoms with Crippen LogP contribution < -0.4 is 4.74 Å². The number of hydrogen-bond acceptors (Lipinski definition) is 5. The second-order valence-electron chi connectivity index (χ2n) is 7.00. The second-order valence-corrected chi connectivity index (χ2v) is 7.00. The van der Waals surface area contributed by atoms with Gasteiger partial charge >= 0.3 is 0 Å². The summed E-state index contributed by atoms with van der Waals surface area (Å²) >= 11 is 0. The molecule has 0 radical (unpaired) electrons. The molecule has 142 valence electrons. The molecule has 0 spiro atoms. The third-order valence-corrected chi connectivity index (χ3v) is 4.86. The number of hydrogen-bond donors (Lipinski definition) is 1. The van der Waals surface area contributed by atoms with Crippen LogP contribution in [0.15, 0.2) is 48.8 Å². The van der Waals surface area contributed by atoms with Crippen LogP contribution in [0.4, 0.5) is 0 Å². The van der Waals surface area contributed by atoms with Gasteiger partial charge in [-0.3, -0.25) is 9.58 Å². The van der Waals surface area contributed by atoms with E-state index in [9.17, 15) is 5.11 Å². The van der Waals surface area contributed by atoms with Crippen LogP contribution in [0.3, 0.4) is 0 Å². The van der Waals surface area contributed by atoms with Crippen molar-refractivity contribution in [3.05, 3.63) is 48.8 Å². The summed E-state index contributed by atoms with van der Waals surface area (Å²) in [7, 11) is 1.92. The molecular weight excluding hydrogens is 342 g/mol. The van der Waals surface area contributed by atoms with Crippen LogP contribution in [-0.2, 0) is 11.8 Å². The first-order valence-electron chi connectivity index (χ1n) is 9.31. The molecule has 0 saturated carbocycles. The van der Waals surface area contributed by atoms with Gasteiger partial charge in [-0.25, -0.2) is 0 Å². The molecule has 1 saturated heterocycles. The fourth-order valence-electron chi connectivity index (χ4n) is 3.39. The average molecular weight is 367 g/mol. The number of aliphatic hydroxyl groups is 1. The number of aromatic nitrogens is 2. The van der Waals surface area contributed by atoms with Crippen molar-refractivity contribution >= 4 is 10.8 Å². The zero-order valence-corrected chi connectivity index (χ0v) is 15.5. The lowest BCUT2D eigenvalue weighted by Gasteiger charge is -2.28. The van der Waals surface area contributed by atoms with Crippen molar-refractivity contribution in [2.45, 2.75) is 6.10 Å². The molecule has 1 N–H and O–H groups in total. The Kier molecular flexibility index (Phi) is 5.38. The van der Waals surface area contributed by atoms with Crippen molar-refractivity contribution in [1.82, 2.24) is 14.7 Å². The molecule has 1 fully saturated rings. The van der Waals surface area contributed by atoms with E-state index >= 15 is 0 Å². The highest BCUT2D eigenvalue weighted by molar-refractivity contribution is 5.88. The number of rotatable bonds is 6. The SMILES string of the molecule is Cn1cc(-c2ccc3cc(OCC(O)CN4CCOCC4)ccc3c2)cn1. The minimum absolute atomic E-state index is 0.288. The van der Waals surface area contributed by atoms with E-state index in [-0.39, 0.29) is 6.61 Å². The number of morpholine rings is 1. The Bertz CT molecular complexity index is 903. The molecule has 4 rings (SSSR count). The van der Waals surface area contributed by atoms with Gasteiger partial charge in [0.2, 0.25) is 0 Å². The number of nitrogens with zero attached hydrogens (tertiary/aromatic N) is 3. The molecule has 2 heterocycles. The summed E-state index contributed by atoms with van der Waals surface area (Å²) in [5, 5.41) is 16.7. The minimum atomic E-state index is -0.508. The van der Waals surface area contributed by atoms with E-state index in [1.54, 1.807) is 4.68 Å². The van der Waals surface area contributed by atoms with Crippen molar-refractivity contribution in [2.24, 2.45) is 7.05 Å². The molecule has 1 aromatic heterocycles. The van der Waals surface area contributed by atoms with Crippen LogP contribution >= 0.6 is 0 Å². The minimum Gasteiger partial charge on any atom is -0.491 e. The van der Waals surface area contributed by atoms with Gasteiger partial charge in [0.25, 0.3) is 0 Å². The summed E-state index contributed by atoms with van der Waals surface area (Å²) in [5.41, 5.74) is 2.25. The Morgan fingerprint density at radius 1 is 1.11 bits per heavy atom. The summed E-state index contributed by atoms with van der Waals surface area (Å²) in [5.74, 6) is 0.776. The highest BCUT2D eigenvalue weighted by Crippen LogP contribution is 2.27. The summed E-state index contributed by atoms with van der Waals surface area (Å²) in [6, 6.07) is 12.4. The van der Waals surface area contributed by atoms with Crippen molar-refractivity contribution in [3.8, 4) is 16.9 Å². The number of aliphatic hydroxyl groups excluding tert-OH is 1. The Labute approximate surface area is 158 Å². The Morgan fingerprint density at radius 3 is 2.67 bits per heavy atom. The largest absolute Gasteiger partial charge is 0.491 e. The Hall–Kier alpha value is -2.41. The number of fused-ring (bicyclic) bond motifs is 1. The van der Waals surface area contributed by atoms with Crippen molar-refractivity contribution < 1.29 is 14.6 Å². The molecule has 0 amide bonds. The van der Waals surface area contributed by atoms with E-state index < -0.39 is 6.10 Å². The maximum Gasteiger partial charge on any atom is 0.120 e. The zero-order valence-electron chi connectivity index (χ0n) is 15.5. The molecular formula is C21H25N3O3. The second kappa shape index (κ2) is 8.08. The number of benzene rings is 2. The van der Waals surface area contributed by atoms with E-state index in [0.717, 1.165) is 54.0 Å². The predicted octanol–water partition coefficient (Wildman–Crippen LogP) is 2.31. The monoisotopic (exact) mass is 367 g/mol. The molecule has 0 aliphatic carbocycles. The molecule has 0 bridgehead atoms. The Balaban J connectivity index is 1.39. The molecule has 1 atom stereocenters. The molecule has 2 aromatic carbocycles. The number of aryl methyl sites for hydroxylation is 1. The van der Waals surface area contributed by atoms with Crippen LogP contribution in [0.1, 0.15) is 0 Å². The summed E-state index contributed by atoms with van der Waals surface area (Å²) in [6.45, 7) is 4.11. The lowest BCUT2D eigenvalue weighted by Crippen LogP contribution is -2.42. The highest BCUT2D eigenvalue weighted by atomic mass is 16.5. The maximum atomic E-state index is 10.2. The standard InChI is InChI=1S/C21H25N3O3/c1-23-13-19(12-22-23)17-2-3-18-11-21(5-4-16(18)10-17)27-15-20(25)14-24-6-8-26-9-7-24/h2-5,10-13,20,25H,6-9,14-15H2,1H3. The van der Waals surface area contributed by atoms with Gasteiger partial charge in [-0.05, 0) is 34.5 Å². The molecule has 27 heavy (non-hydrogen) atoms. The third-order valence-electron chi connectivity index (χ3n) is 4.86. The zero-order chi connectivity index (χ0) is 18.6. The summed E-state index contributed by atoms with van der Waals surface area (Å²) in [4.78, 5) is 2.21. The van der Waals surface area contributed by atoms with Crippen LogP contribution in [0, 0.1) is 0 Å². The maximum absolute atomic E-state index is 10.2. The van der Waals surface area contributed by atoms with Gasteiger partial charge in [-0.15, -0.1) is 0 Å². The quantitative estimate of drug-likeness (QED) is 0.725. The van der Waals surface area contributed by atoms with Gasteiger partial charge in [0, 0.05) is 38.4 Å². The number of β-amino-alcohol motifs (C(OH)–C–C–N with tert-alkyl or cyclic N) is 1. The molecule has 1 aliphatic rings. The highest BCUT2D eigenvalue weighted by Gasteiger charge is 2.15. The van der Waals surface area contributed by atoms with E-state index in [2.05, 4.69) is 34.3 Å². The van der Waals surface area contributed by atoms with Crippen LogP contribution in [0.25, 0.3) is 21.9 Å². The van der Waals surface area contributed by atoms with Crippen molar-refractivity contribution in [1.29, 1.82) is 0 Å². The Morgan fingerprint density at radius 2 is 1.89 bits per heavy atom. The first kappa shape index (κ1) is 18.0. The average Bonchev–Trinajstić information content (AvgIpc) is 3.13. The third kappa shape index (κ3) is 4.47.